The number of halogens is 3. The van der Waals surface area contributed by atoms with Crippen LogP contribution in [-0.2, 0) is 0 Å². The van der Waals surface area contributed by atoms with Crippen LogP contribution in [-0.4, -0.2) is 48.0 Å². The zero-order chi connectivity index (χ0) is 28.2. The van der Waals surface area contributed by atoms with Crippen LogP contribution in [0.25, 0.3) is 11.3 Å². The lowest BCUT2D eigenvalue weighted by Crippen LogP contribution is -2.49. The molecule has 2 heterocycles. The molecule has 0 atom stereocenters. The monoisotopic (exact) mass is 612 g/mol. The number of hydrogen-bond donors (Lipinski definition) is 2. The highest BCUT2D eigenvalue weighted by Crippen LogP contribution is 2.32. The molecule has 1 fully saturated rings. The first-order chi connectivity index (χ1) is 19.3. The quantitative estimate of drug-likeness (QED) is 0.236. The van der Waals surface area contributed by atoms with Crippen molar-refractivity contribution < 1.29 is 14.0 Å². The fourth-order valence-corrected chi connectivity index (χ4v) is 5.22. The average Bonchev–Trinajstić information content (AvgIpc) is 3.44. The van der Waals surface area contributed by atoms with Crippen LogP contribution in [0.3, 0.4) is 0 Å². The number of carbonyl (C=O) groups is 2. The second kappa shape index (κ2) is 12.3. The lowest BCUT2D eigenvalue weighted by molar-refractivity contribution is 0.0746. The maximum Gasteiger partial charge on any atom is 0.293 e. The Kier molecular flexibility index (Phi) is 8.61. The summed E-state index contributed by atoms with van der Waals surface area (Å²) in [6, 6.07) is 22.8. The van der Waals surface area contributed by atoms with E-state index in [0.29, 0.717) is 58.1 Å². The number of benzene rings is 3. The van der Waals surface area contributed by atoms with Gasteiger partial charge >= 0.3 is 0 Å². The van der Waals surface area contributed by atoms with Gasteiger partial charge in [0, 0.05) is 47.4 Å². The van der Waals surface area contributed by atoms with Crippen molar-refractivity contribution >= 4 is 75.3 Å². The van der Waals surface area contributed by atoms with Crippen molar-refractivity contribution in [2.24, 2.45) is 0 Å². The topological polar surface area (TPSA) is 77.8 Å². The number of rotatable bonds is 5. The van der Waals surface area contributed by atoms with Crippen molar-refractivity contribution in [2.75, 3.05) is 36.4 Å². The number of thiocarbonyl (C=S) groups is 1. The Morgan fingerprint density at radius 1 is 0.825 bits per heavy atom. The van der Waals surface area contributed by atoms with Crippen LogP contribution in [0.5, 0.6) is 0 Å². The Morgan fingerprint density at radius 2 is 1.52 bits per heavy atom. The number of amides is 2. The molecule has 4 aromatic rings. The maximum atomic E-state index is 12.9. The average molecular weight is 614 g/mol. The van der Waals surface area contributed by atoms with Gasteiger partial charge in [0.05, 0.1) is 16.4 Å². The molecule has 0 aliphatic carbocycles. The van der Waals surface area contributed by atoms with Gasteiger partial charge in [-0.2, -0.15) is 0 Å². The van der Waals surface area contributed by atoms with Crippen LogP contribution in [0.15, 0.2) is 83.3 Å². The summed E-state index contributed by atoms with van der Waals surface area (Å²) in [6.07, 6.45) is 0. The Hall–Kier alpha value is -3.56. The van der Waals surface area contributed by atoms with Crippen LogP contribution < -0.4 is 15.5 Å². The molecule has 5 rings (SSSR count). The minimum atomic E-state index is -0.499. The zero-order valence-corrected chi connectivity index (χ0v) is 24.1. The Morgan fingerprint density at radius 3 is 2.25 bits per heavy atom. The van der Waals surface area contributed by atoms with E-state index in [-0.39, 0.29) is 16.8 Å². The van der Waals surface area contributed by atoms with Gasteiger partial charge in [-0.3, -0.25) is 14.9 Å². The molecule has 0 saturated carbocycles. The lowest BCUT2D eigenvalue weighted by Gasteiger charge is -2.37. The minimum Gasteiger partial charge on any atom is -0.451 e. The second-order valence-electron chi connectivity index (χ2n) is 9.00. The fourth-order valence-electron chi connectivity index (χ4n) is 4.39. The molecule has 0 unspecified atom stereocenters. The Bertz CT molecular complexity index is 1570. The Balaban J connectivity index is 1.20. The van der Waals surface area contributed by atoms with E-state index < -0.39 is 5.91 Å². The number of para-hydroxylation sites is 2. The first kappa shape index (κ1) is 28.0. The van der Waals surface area contributed by atoms with E-state index in [1.807, 2.05) is 29.2 Å². The van der Waals surface area contributed by atoms with E-state index in [4.69, 9.17) is 51.4 Å². The molecule has 3 aromatic carbocycles. The van der Waals surface area contributed by atoms with Gasteiger partial charge in [0.1, 0.15) is 5.76 Å². The van der Waals surface area contributed by atoms with E-state index in [1.165, 1.54) is 0 Å². The SMILES string of the molecule is O=C(NC(=S)Nc1ccccc1N1CCN(C(=O)c2ccc(Cl)cc2)CC1)c1ccc(-c2ccc(Cl)cc2Cl)o1. The van der Waals surface area contributed by atoms with Gasteiger partial charge < -0.3 is 19.5 Å². The van der Waals surface area contributed by atoms with E-state index in [0.717, 1.165) is 11.4 Å². The molecule has 11 heteroatoms. The van der Waals surface area contributed by atoms with Gasteiger partial charge in [-0.25, -0.2) is 0 Å². The van der Waals surface area contributed by atoms with Gasteiger partial charge in [-0.05, 0) is 78.9 Å². The van der Waals surface area contributed by atoms with Crippen LogP contribution >= 0.6 is 47.0 Å². The van der Waals surface area contributed by atoms with Crippen LogP contribution in [0.4, 0.5) is 11.4 Å². The summed E-state index contributed by atoms with van der Waals surface area (Å²) in [4.78, 5) is 29.7. The van der Waals surface area contributed by atoms with E-state index in [9.17, 15) is 9.59 Å². The third-order valence-electron chi connectivity index (χ3n) is 6.40. The molecule has 0 spiro atoms. The Labute approximate surface area is 251 Å². The summed E-state index contributed by atoms with van der Waals surface area (Å²) in [7, 11) is 0. The molecule has 1 saturated heterocycles. The van der Waals surface area contributed by atoms with Crippen LogP contribution in [0, 0.1) is 0 Å². The summed E-state index contributed by atoms with van der Waals surface area (Å²) < 4.78 is 5.72. The molecule has 1 aliphatic heterocycles. The van der Waals surface area contributed by atoms with Crippen LogP contribution in [0.1, 0.15) is 20.9 Å². The molecule has 0 radical (unpaired) electrons. The number of nitrogens with zero attached hydrogens (tertiary/aromatic N) is 2. The van der Waals surface area contributed by atoms with Gasteiger partial charge in [0.2, 0.25) is 0 Å². The summed E-state index contributed by atoms with van der Waals surface area (Å²) >= 11 is 23.6. The number of anilines is 2. The smallest absolute Gasteiger partial charge is 0.293 e. The third kappa shape index (κ3) is 6.42. The van der Waals surface area contributed by atoms with E-state index >= 15 is 0 Å². The minimum absolute atomic E-state index is 0.0222. The summed E-state index contributed by atoms with van der Waals surface area (Å²) in [5, 5.41) is 7.41. The molecular formula is C29H23Cl3N4O3S. The molecule has 1 aromatic heterocycles. The van der Waals surface area contributed by atoms with Gasteiger partial charge in [0.15, 0.2) is 10.9 Å². The number of piperazine rings is 1. The maximum absolute atomic E-state index is 12.9. The molecule has 2 N–H and O–H groups in total. The van der Waals surface area contributed by atoms with Gasteiger partial charge in [0.25, 0.3) is 11.8 Å². The molecule has 2 amide bonds. The largest absolute Gasteiger partial charge is 0.451 e. The van der Waals surface area contributed by atoms with Crippen molar-refractivity contribution in [1.82, 2.24) is 10.2 Å². The molecule has 0 bridgehead atoms. The highest BCUT2D eigenvalue weighted by Gasteiger charge is 2.24. The zero-order valence-electron chi connectivity index (χ0n) is 21.0. The van der Waals surface area contributed by atoms with Gasteiger partial charge in [-0.1, -0.05) is 46.9 Å². The molecule has 204 valence electrons. The van der Waals surface area contributed by atoms with Crippen LogP contribution in [0.2, 0.25) is 15.1 Å². The number of hydrogen-bond acceptors (Lipinski definition) is 5. The molecule has 7 nitrogen and oxygen atoms in total. The highest BCUT2D eigenvalue weighted by molar-refractivity contribution is 7.80. The summed E-state index contributed by atoms with van der Waals surface area (Å²) in [5.41, 5.74) is 2.88. The first-order valence-corrected chi connectivity index (χ1v) is 13.9. The molecule has 40 heavy (non-hydrogen) atoms. The number of furan rings is 1. The summed E-state index contributed by atoms with van der Waals surface area (Å²) in [6.45, 7) is 2.41. The predicted octanol–water partition coefficient (Wildman–Crippen LogP) is 7.00. The standard InChI is InChI=1S/C29H23Cl3N4O3S/c30-19-7-5-18(6-8-19)28(38)36-15-13-35(14-16-36)24-4-2-1-3-23(24)33-29(40)34-27(37)26-12-11-25(39-26)21-10-9-20(31)17-22(21)32/h1-12,17H,13-16H2,(H2,33,34,37,40). The predicted molar refractivity (Wildman–Crippen MR) is 164 cm³/mol. The normalized spacial score (nSPS) is 13.2. The van der Waals surface area contributed by atoms with Crippen molar-refractivity contribution in [3.63, 3.8) is 0 Å². The highest BCUT2D eigenvalue weighted by atomic mass is 35.5. The first-order valence-electron chi connectivity index (χ1n) is 12.3. The molecular weight excluding hydrogens is 591 g/mol. The molecule has 1 aliphatic rings. The number of nitrogens with one attached hydrogen (secondary N) is 2. The van der Waals surface area contributed by atoms with Crippen molar-refractivity contribution in [3.05, 3.63) is 105 Å². The second-order valence-corrected chi connectivity index (χ2v) is 10.7. The third-order valence-corrected chi connectivity index (χ3v) is 7.41. The van der Waals surface area contributed by atoms with Crippen molar-refractivity contribution in [2.45, 2.75) is 0 Å². The van der Waals surface area contributed by atoms with Crippen molar-refractivity contribution in [1.29, 1.82) is 0 Å². The van der Waals surface area contributed by atoms with Crippen molar-refractivity contribution in [3.8, 4) is 11.3 Å². The fraction of sp³-hybridized carbons (Fsp3) is 0.138. The van der Waals surface area contributed by atoms with E-state index in [1.54, 1.807) is 54.6 Å². The van der Waals surface area contributed by atoms with Gasteiger partial charge in [-0.15, -0.1) is 0 Å². The number of carbonyl (C=O) groups excluding carboxylic acids is 2. The lowest BCUT2D eigenvalue weighted by atomic mass is 10.1. The summed E-state index contributed by atoms with van der Waals surface area (Å²) in [5.74, 6) is -0.00340. The van der Waals surface area contributed by atoms with E-state index in [2.05, 4.69) is 15.5 Å².